The Morgan fingerprint density at radius 2 is 1.64 bits per heavy atom. The first-order valence-corrected chi connectivity index (χ1v) is 18.4. The van der Waals surface area contributed by atoms with Gasteiger partial charge < -0.3 is 36.3 Å². The molecule has 1 saturated heterocycles. The van der Waals surface area contributed by atoms with Crippen LogP contribution in [0, 0.1) is 0 Å². The minimum absolute atomic E-state index is 0.00104. The van der Waals surface area contributed by atoms with E-state index in [1.54, 1.807) is 0 Å². The normalized spacial score (nSPS) is 14.6. The molecule has 0 bridgehead atoms. The number of fused-ring (bicyclic) bond motifs is 1. The van der Waals surface area contributed by atoms with Gasteiger partial charge in [-0.3, -0.25) is 43.3 Å². The quantitative estimate of drug-likeness (QED) is 0.0650. The molecule has 288 valence electrons. The minimum atomic E-state index is -1.19. The lowest BCUT2D eigenvalue weighted by molar-refractivity contribution is -0.139. The molecule has 3 rings (SSSR count). The highest BCUT2D eigenvalue weighted by atomic mass is 32.2. The smallest absolute Gasteiger partial charge is 0.322 e. The van der Waals surface area contributed by atoms with Gasteiger partial charge in [-0.25, -0.2) is 0 Å². The van der Waals surface area contributed by atoms with Crippen LogP contribution < -0.4 is 21.7 Å². The van der Waals surface area contributed by atoms with E-state index in [0.29, 0.717) is 32.2 Å². The first-order chi connectivity index (χ1) is 25.4. The highest BCUT2D eigenvalue weighted by Gasteiger charge is 2.39. The van der Waals surface area contributed by atoms with E-state index in [2.05, 4.69) is 16.0 Å². The van der Waals surface area contributed by atoms with E-state index >= 15 is 0 Å². The summed E-state index contributed by atoms with van der Waals surface area (Å²) in [6, 6.07) is 12.7. The van der Waals surface area contributed by atoms with Crippen molar-refractivity contribution in [2.75, 3.05) is 51.8 Å². The average molecular weight is 758 g/mol. The number of ether oxygens (including phenoxy) is 2. The third-order valence-corrected chi connectivity index (χ3v) is 9.37. The van der Waals surface area contributed by atoms with Crippen molar-refractivity contribution in [1.82, 2.24) is 20.9 Å². The molecule has 6 amide bonds. The molecule has 0 radical (unpaired) electrons. The number of likely N-dealkylation sites (tertiary alicyclic amines) is 1. The number of carboxylic acid groups (broad SMARTS) is 1. The molecule has 2 aromatic rings. The van der Waals surface area contributed by atoms with Gasteiger partial charge in [0.1, 0.15) is 25.0 Å². The van der Waals surface area contributed by atoms with Gasteiger partial charge in [0, 0.05) is 39.0 Å². The van der Waals surface area contributed by atoms with Crippen LogP contribution in [0.5, 0.6) is 0 Å². The topological polar surface area (TPSA) is 241 Å². The zero-order valence-corrected chi connectivity index (χ0v) is 30.3. The highest BCUT2D eigenvalue weighted by Crippen LogP contribution is 2.25. The minimum Gasteiger partial charge on any atom is -0.480 e. The summed E-state index contributed by atoms with van der Waals surface area (Å²) in [6.07, 6.45) is 2.11. The van der Waals surface area contributed by atoms with E-state index in [9.17, 15) is 38.4 Å². The Morgan fingerprint density at radius 1 is 0.887 bits per heavy atom. The van der Waals surface area contributed by atoms with Crippen LogP contribution in [-0.2, 0) is 54.3 Å². The number of benzene rings is 2. The van der Waals surface area contributed by atoms with E-state index in [-0.39, 0.29) is 82.0 Å². The number of primary amides is 1. The number of thioether (sulfide) groups is 1. The zero-order chi connectivity index (χ0) is 38.6. The largest absolute Gasteiger partial charge is 0.480 e. The second-order valence-electron chi connectivity index (χ2n) is 12.3. The highest BCUT2D eigenvalue weighted by molar-refractivity contribution is 8.01. The SMILES string of the molecule is NC(=O)C(CCCCNC(=O)COCCOCCCC(=O)CCN1C(=O)CC(SCC(=O)NCC(=O)O)C1=O)NC(=O)Cc1cccc2ccccc12. The first-order valence-electron chi connectivity index (χ1n) is 17.4. The summed E-state index contributed by atoms with van der Waals surface area (Å²) in [4.78, 5) is 96.9. The average Bonchev–Trinajstić information content (AvgIpc) is 3.40. The Hall–Kier alpha value is -4.87. The number of Topliss-reactive ketones (excluding diaryl/α,β-unsaturated/α-hetero) is 1. The number of hydrogen-bond donors (Lipinski definition) is 5. The lowest BCUT2D eigenvalue weighted by atomic mass is 10.0. The summed E-state index contributed by atoms with van der Waals surface area (Å²) in [6.45, 7) is 0.272. The van der Waals surface area contributed by atoms with Crippen molar-refractivity contribution >= 4 is 69.7 Å². The number of carbonyl (C=O) groups excluding carboxylic acids is 7. The second kappa shape index (κ2) is 22.9. The van der Waals surface area contributed by atoms with E-state index in [4.69, 9.17) is 20.3 Å². The summed E-state index contributed by atoms with van der Waals surface area (Å²) < 4.78 is 10.8. The maximum Gasteiger partial charge on any atom is 0.322 e. The first kappa shape index (κ1) is 42.5. The molecule has 16 nitrogen and oxygen atoms in total. The Balaban J connectivity index is 1.16. The molecule has 2 aromatic carbocycles. The monoisotopic (exact) mass is 757 g/mol. The van der Waals surface area contributed by atoms with Crippen molar-refractivity contribution in [2.24, 2.45) is 5.73 Å². The van der Waals surface area contributed by atoms with Gasteiger partial charge in [-0.05, 0) is 42.0 Å². The third-order valence-electron chi connectivity index (χ3n) is 8.17. The summed E-state index contributed by atoms with van der Waals surface area (Å²) in [7, 11) is 0. The molecule has 0 saturated carbocycles. The van der Waals surface area contributed by atoms with Gasteiger partial charge in [0.2, 0.25) is 35.4 Å². The zero-order valence-electron chi connectivity index (χ0n) is 29.5. The number of imide groups is 1. The summed E-state index contributed by atoms with van der Waals surface area (Å²) in [5.41, 5.74) is 6.37. The van der Waals surface area contributed by atoms with Crippen LogP contribution in [0.15, 0.2) is 42.5 Å². The number of nitrogens with zero attached hydrogens (tertiary/aromatic N) is 1. The summed E-state index contributed by atoms with van der Waals surface area (Å²) in [5, 5.41) is 17.5. The van der Waals surface area contributed by atoms with Gasteiger partial charge in [-0.1, -0.05) is 42.5 Å². The number of amides is 6. The van der Waals surface area contributed by atoms with Gasteiger partial charge in [0.25, 0.3) is 0 Å². The van der Waals surface area contributed by atoms with Crippen molar-refractivity contribution in [1.29, 1.82) is 0 Å². The molecule has 6 N–H and O–H groups in total. The predicted molar refractivity (Wildman–Crippen MR) is 194 cm³/mol. The number of aliphatic carboxylic acids is 1. The van der Waals surface area contributed by atoms with Crippen LogP contribution in [0.3, 0.4) is 0 Å². The Bertz CT molecular complexity index is 1620. The lowest BCUT2D eigenvalue weighted by Crippen LogP contribution is -2.45. The Labute approximate surface area is 311 Å². The van der Waals surface area contributed by atoms with Crippen LogP contribution in [0.25, 0.3) is 10.8 Å². The standard InChI is InChI=1S/C36H47N5O11S/c37-35(49)28(40-30(43)19-25-9-5-8-24-7-1-2-11-27(24)25)12-3-4-14-38-31(44)22-52-18-17-51-16-6-10-26(42)13-15-41-33(46)20-29(36(41)50)53-23-32(45)39-21-34(47)48/h1-2,5,7-9,11,28-29H,3-4,6,10,12-23H2,(H2,37,49)(H,38,44)(H,39,45)(H,40,43)(H,47,48). The van der Waals surface area contributed by atoms with Crippen molar-refractivity contribution in [3.63, 3.8) is 0 Å². The fraction of sp³-hybridized carbons (Fsp3) is 0.500. The number of rotatable bonds is 26. The molecule has 0 aliphatic carbocycles. The molecule has 17 heteroatoms. The molecular formula is C36H47N5O11S. The number of hydrogen-bond acceptors (Lipinski definition) is 11. The van der Waals surface area contributed by atoms with Gasteiger partial charge in [0.15, 0.2) is 0 Å². The maximum atomic E-state index is 12.7. The van der Waals surface area contributed by atoms with Gasteiger partial charge in [-0.15, -0.1) is 11.8 Å². The Kier molecular flexibility index (Phi) is 18.4. The van der Waals surface area contributed by atoms with Gasteiger partial charge >= 0.3 is 5.97 Å². The molecule has 2 atom stereocenters. The van der Waals surface area contributed by atoms with Crippen LogP contribution >= 0.6 is 11.8 Å². The number of unbranched alkanes of at least 4 members (excludes halogenated alkanes) is 1. The van der Waals surface area contributed by atoms with Crippen molar-refractivity contribution in [3.8, 4) is 0 Å². The molecule has 1 aliphatic rings. The van der Waals surface area contributed by atoms with E-state index in [1.165, 1.54) is 0 Å². The Morgan fingerprint density at radius 3 is 2.42 bits per heavy atom. The molecule has 1 aliphatic heterocycles. The lowest BCUT2D eigenvalue weighted by Gasteiger charge is -2.16. The predicted octanol–water partition coefficient (Wildman–Crippen LogP) is 0.473. The van der Waals surface area contributed by atoms with Crippen LogP contribution in [0.2, 0.25) is 0 Å². The van der Waals surface area contributed by atoms with Crippen molar-refractivity contribution in [3.05, 3.63) is 48.0 Å². The van der Waals surface area contributed by atoms with Gasteiger partial charge in [-0.2, -0.15) is 0 Å². The van der Waals surface area contributed by atoms with Crippen molar-refractivity contribution < 1.29 is 52.9 Å². The molecule has 0 spiro atoms. The molecule has 0 aromatic heterocycles. The number of ketones is 1. The fourth-order valence-electron chi connectivity index (χ4n) is 5.44. The maximum absolute atomic E-state index is 12.7. The number of nitrogens with one attached hydrogen (secondary N) is 3. The molecule has 2 unspecified atom stereocenters. The van der Waals surface area contributed by atoms with Crippen LogP contribution in [-0.4, -0.2) is 120 Å². The second-order valence-corrected chi connectivity index (χ2v) is 13.5. The van der Waals surface area contributed by atoms with E-state index in [1.807, 2.05) is 42.5 Å². The molecule has 1 heterocycles. The number of nitrogens with two attached hydrogens (primary N) is 1. The summed E-state index contributed by atoms with van der Waals surface area (Å²) >= 11 is 0.954. The van der Waals surface area contributed by atoms with Crippen LogP contribution in [0.1, 0.15) is 50.5 Å². The van der Waals surface area contributed by atoms with Crippen molar-refractivity contribution in [2.45, 2.75) is 62.7 Å². The molecule has 1 fully saturated rings. The molecule has 53 heavy (non-hydrogen) atoms. The van der Waals surface area contributed by atoms with E-state index in [0.717, 1.165) is 33.0 Å². The number of carbonyl (C=O) groups is 8. The third kappa shape index (κ3) is 15.7. The van der Waals surface area contributed by atoms with Gasteiger partial charge in [0.05, 0.1) is 30.6 Å². The molecular weight excluding hydrogens is 710 g/mol. The fourth-order valence-corrected chi connectivity index (χ4v) is 6.42. The summed E-state index contributed by atoms with van der Waals surface area (Å²) in [5.74, 6) is -4.18. The van der Waals surface area contributed by atoms with E-state index < -0.39 is 47.4 Å². The van der Waals surface area contributed by atoms with Crippen LogP contribution in [0.4, 0.5) is 0 Å². The number of carboxylic acids is 1.